The molecule has 0 spiro atoms. The van der Waals surface area contributed by atoms with Crippen LogP contribution in [0.4, 0.5) is 0 Å². The highest BCUT2D eigenvalue weighted by atomic mass is 16.5. The maximum atomic E-state index is 5.43. The third-order valence-corrected chi connectivity index (χ3v) is 3.60. The van der Waals surface area contributed by atoms with Gasteiger partial charge in [0.2, 0.25) is 0 Å². The fraction of sp³-hybridized carbons (Fsp3) is 0.444. The Hall–Kier alpha value is -2.18. The molecular weight excluding hydrogens is 304 g/mol. The summed E-state index contributed by atoms with van der Waals surface area (Å²) in [7, 11) is 3.45. The van der Waals surface area contributed by atoms with E-state index in [1.165, 1.54) is 5.56 Å². The molecule has 24 heavy (non-hydrogen) atoms. The molecule has 1 heterocycles. The van der Waals surface area contributed by atoms with Crippen molar-refractivity contribution in [1.29, 1.82) is 0 Å². The lowest BCUT2D eigenvalue weighted by molar-refractivity contribution is 0.0698. The SMILES string of the molecule is CN=C(NCCCOCCOC)NCc1ccnc2ccccc12. The predicted molar refractivity (Wildman–Crippen MR) is 97.3 cm³/mol. The summed E-state index contributed by atoms with van der Waals surface area (Å²) < 4.78 is 10.4. The molecule has 0 fully saturated rings. The number of aromatic nitrogens is 1. The minimum absolute atomic E-state index is 0.635. The van der Waals surface area contributed by atoms with Crippen LogP contribution in [-0.2, 0) is 16.0 Å². The third kappa shape index (κ3) is 5.79. The third-order valence-electron chi connectivity index (χ3n) is 3.60. The quantitative estimate of drug-likeness (QED) is 0.418. The Balaban J connectivity index is 1.75. The highest BCUT2D eigenvalue weighted by Crippen LogP contribution is 2.15. The molecule has 130 valence electrons. The Kier molecular flexibility index (Phi) is 8.00. The number of para-hydroxylation sites is 1. The summed E-state index contributed by atoms with van der Waals surface area (Å²) >= 11 is 0. The van der Waals surface area contributed by atoms with Gasteiger partial charge < -0.3 is 20.1 Å². The molecule has 2 rings (SSSR count). The molecule has 6 nitrogen and oxygen atoms in total. The first kappa shape index (κ1) is 18.2. The summed E-state index contributed by atoms with van der Waals surface area (Å²) in [6, 6.07) is 10.2. The first-order chi connectivity index (χ1) is 11.8. The van der Waals surface area contributed by atoms with Crippen LogP contribution in [0.1, 0.15) is 12.0 Å². The second-order valence-electron chi connectivity index (χ2n) is 5.30. The van der Waals surface area contributed by atoms with Gasteiger partial charge in [0, 0.05) is 45.4 Å². The van der Waals surface area contributed by atoms with Crippen molar-refractivity contribution in [2.24, 2.45) is 4.99 Å². The number of ether oxygens (including phenoxy) is 2. The van der Waals surface area contributed by atoms with Crippen molar-refractivity contribution >= 4 is 16.9 Å². The van der Waals surface area contributed by atoms with E-state index in [0.717, 1.165) is 29.8 Å². The maximum absolute atomic E-state index is 5.43. The molecule has 1 aromatic carbocycles. The van der Waals surface area contributed by atoms with Gasteiger partial charge in [-0.2, -0.15) is 0 Å². The van der Waals surface area contributed by atoms with Gasteiger partial charge >= 0.3 is 0 Å². The number of rotatable bonds is 9. The number of methoxy groups -OCH3 is 1. The smallest absolute Gasteiger partial charge is 0.191 e. The van der Waals surface area contributed by atoms with Crippen LogP contribution in [0, 0.1) is 0 Å². The van der Waals surface area contributed by atoms with Crippen LogP contribution in [-0.4, -0.2) is 51.5 Å². The van der Waals surface area contributed by atoms with E-state index in [-0.39, 0.29) is 0 Å². The number of nitrogens with one attached hydrogen (secondary N) is 2. The van der Waals surface area contributed by atoms with Crippen LogP contribution in [0.2, 0.25) is 0 Å². The number of aliphatic imine (C=N–C) groups is 1. The van der Waals surface area contributed by atoms with E-state index in [2.05, 4.69) is 26.7 Å². The second-order valence-corrected chi connectivity index (χ2v) is 5.30. The Bertz CT molecular complexity index is 640. The van der Waals surface area contributed by atoms with E-state index >= 15 is 0 Å². The molecule has 1 aromatic heterocycles. The van der Waals surface area contributed by atoms with Gasteiger partial charge in [0.25, 0.3) is 0 Å². The van der Waals surface area contributed by atoms with Gasteiger partial charge in [-0.15, -0.1) is 0 Å². The van der Waals surface area contributed by atoms with Crippen molar-refractivity contribution in [1.82, 2.24) is 15.6 Å². The lowest BCUT2D eigenvalue weighted by atomic mass is 10.1. The summed E-state index contributed by atoms with van der Waals surface area (Å²) in [5, 5.41) is 7.79. The topological polar surface area (TPSA) is 67.8 Å². The molecule has 2 N–H and O–H groups in total. The summed E-state index contributed by atoms with van der Waals surface area (Å²) in [4.78, 5) is 8.63. The normalized spacial score (nSPS) is 11.7. The van der Waals surface area contributed by atoms with E-state index < -0.39 is 0 Å². The van der Waals surface area contributed by atoms with Crippen LogP contribution in [0.25, 0.3) is 10.9 Å². The first-order valence-corrected chi connectivity index (χ1v) is 8.19. The zero-order valence-electron chi connectivity index (χ0n) is 14.4. The molecule has 0 saturated heterocycles. The number of nitrogens with zero attached hydrogens (tertiary/aromatic N) is 2. The van der Waals surface area contributed by atoms with Crippen molar-refractivity contribution < 1.29 is 9.47 Å². The molecule has 0 atom stereocenters. The van der Waals surface area contributed by atoms with Crippen molar-refractivity contribution in [2.75, 3.05) is 40.5 Å². The number of guanidine groups is 1. The fourth-order valence-corrected chi connectivity index (χ4v) is 2.33. The lowest BCUT2D eigenvalue weighted by Crippen LogP contribution is -2.37. The molecule has 0 unspecified atom stereocenters. The van der Waals surface area contributed by atoms with E-state index in [0.29, 0.717) is 26.4 Å². The predicted octanol–water partition coefficient (Wildman–Crippen LogP) is 1.95. The number of pyridine rings is 1. The summed E-state index contributed by atoms with van der Waals surface area (Å²) in [5.74, 6) is 0.785. The summed E-state index contributed by atoms with van der Waals surface area (Å²) in [6.07, 6.45) is 2.76. The molecular formula is C18H26N4O2. The minimum Gasteiger partial charge on any atom is -0.382 e. The zero-order chi connectivity index (χ0) is 17.0. The highest BCUT2D eigenvalue weighted by Gasteiger charge is 2.03. The van der Waals surface area contributed by atoms with Gasteiger partial charge in [-0.05, 0) is 24.1 Å². The Labute approximate surface area is 143 Å². The minimum atomic E-state index is 0.635. The Morgan fingerprint density at radius 2 is 2.00 bits per heavy atom. The van der Waals surface area contributed by atoms with E-state index in [4.69, 9.17) is 9.47 Å². The standard InChI is InChI=1S/C18H26N4O2/c1-19-18(21-9-5-11-24-13-12-23-2)22-14-15-8-10-20-17-7-4-3-6-16(15)17/h3-4,6-8,10H,5,9,11-14H2,1-2H3,(H2,19,21,22). The van der Waals surface area contributed by atoms with Gasteiger partial charge in [0.05, 0.1) is 18.7 Å². The zero-order valence-corrected chi connectivity index (χ0v) is 14.4. The van der Waals surface area contributed by atoms with Gasteiger partial charge in [-0.25, -0.2) is 0 Å². The fourth-order valence-electron chi connectivity index (χ4n) is 2.33. The van der Waals surface area contributed by atoms with Crippen LogP contribution in [0.5, 0.6) is 0 Å². The number of hydrogen-bond donors (Lipinski definition) is 2. The number of fused-ring (bicyclic) bond motifs is 1. The average molecular weight is 330 g/mol. The molecule has 0 aliphatic carbocycles. The average Bonchev–Trinajstić information content (AvgIpc) is 2.63. The van der Waals surface area contributed by atoms with Crippen LogP contribution >= 0.6 is 0 Å². The molecule has 0 aliphatic rings. The molecule has 0 saturated carbocycles. The molecule has 6 heteroatoms. The van der Waals surface area contributed by atoms with Gasteiger partial charge in [0.1, 0.15) is 0 Å². The maximum Gasteiger partial charge on any atom is 0.191 e. The Morgan fingerprint density at radius 1 is 1.12 bits per heavy atom. The Morgan fingerprint density at radius 3 is 2.83 bits per heavy atom. The van der Waals surface area contributed by atoms with Gasteiger partial charge in [-0.3, -0.25) is 9.98 Å². The number of benzene rings is 1. The van der Waals surface area contributed by atoms with Gasteiger partial charge in [-0.1, -0.05) is 18.2 Å². The van der Waals surface area contributed by atoms with E-state index in [9.17, 15) is 0 Å². The molecule has 0 amide bonds. The molecule has 2 aromatic rings. The van der Waals surface area contributed by atoms with Crippen molar-refractivity contribution in [2.45, 2.75) is 13.0 Å². The lowest BCUT2D eigenvalue weighted by Gasteiger charge is -2.13. The second kappa shape index (κ2) is 10.6. The first-order valence-electron chi connectivity index (χ1n) is 8.19. The van der Waals surface area contributed by atoms with E-state index in [1.54, 1.807) is 14.2 Å². The van der Waals surface area contributed by atoms with Crippen LogP contribution in [0.3, 0.4) is 0 Å². The number of hydrogen-bond acceptors (Lipinski definition) is 4. The molecule has 0 aliphatic heterocycles. The molecule has 0 bridgehead atoms. The highest BCUT2D eigenvalue weighted by molar-refractivity contribution is 5.83. The van der Waals surface area contributed by atoms with Crippen molar-refractivity contribution in [3.63, 3.8) is 0 Å². The van der Waals surface area contributed by atoms with Gasteiger partial charge in [0.15, 0.2) is 5.96 Å². The van der Waals surface area contributed by atoms with E-state index in [1.807, 2.05) is 30.5 Å². The van der Waals surface area contributed by atoms with Crippen molar-refractivity contribution in [3.8, 4) is 0 Å². The largest absolute Gasteiger partial charge is 0.382 e. The summed E-state index contributed by atoms with van der Waals surface area (Å²) in [5.41, 5.74) is 2.21. The van der Waals surface area contributed by atoms with Crippen LogP contribution < -0.4 is 10.6 Å². The van der Waals surface area contributed by atoms with Crippen LogP contribution in [0.15, 0.2) is 41.5 Å². The molecule has 0 radical (unpaired) electrons. The monoisotopic (exact) mass is 330 g/mol. The summed E-state index contributed by atoms with van der Waals surface area (Å²) in [6.45, 7) is 3.49. The van der Waals surface area contributed by atoms with Crippen molar-refractivity contribution in [3.05, 3.63) is 42.1 Å².